The van der Waals surface area contributed by atoms with E-state index >= 15 is 0 Å². The van der Waals surface area contributed by atoms with Crippen molar-refractivity contribution < 1.29 is 0 Å². The first-order valence-electron chi connectivity index (χ1n) is 6.54. The fourth-order valence-electron chi connectivity index (χ4n) is 1.87. The van der Waals surface area contributed by atoms with E-state index in [1.165, 1.54) is 5.56 Å². The van der Waals surface area contributed by atoms with Gasteiger partial charge in [-0.25, -0.2) is 4.98 Å². The largest absolute Gasteiger partial charge is 0.327 e. The van der Waals surface area contributed by atoms with Gasteiger partial charge in [-0.15, -0.1) is 11.3 Å². The minimum atomic E-state index is 0.100. The van der Waals surface area contributed by atoms with Gasteiger partial charge in [0.1, 0.15) is 0 Å². The Morgan fingerprint density at radius 2 is 2.11 bits per heavy atom. The van der Waals surface area contributed by atoms with Crippen LogP contribution in [0.4, 0.5) is 0 Å². The monoisotopic (exact) mass is 275 g/mol. The minimum absolute atomic E-state index is 0.100. The lowest BCUT2D eigenvalue weighted by molar-refractivity contribution is 0.567. The van der Waals surface area contributed by atoms with Gasteiger partial charge in [-0.3, -0.25) is 4.98 Å². The fraction of sp³-hybridized carbons (Fsp3) is 0.467. The Balaban J connectivity index is 1.96. The third-order valence-corrected chi connectivity index (χ3v) is 3.85. The molecular weight excluding hydrogens is 254 g/mol. The second kappa shape index (κ2) is 5.80. The van der Waals surface area contributed by atoms with Crippen molar-refractivity contribution in [3.63, 3.8) is 0 Å². The highest BCUT2D eigenvalue weighted by molar-refractivity contribution is 7.09. The molecule has 1 atom stereocenters. The summed E-state index contributed by atoms with van der Waals surface area (Å²) in [5, 5.41) is 3.27. The summed E-state index contributed by atoms with van der Waals surface area (Å²) in [7, 11) is 0. The summed E-state index contributed by atoms with van der Waals surface area (Å²) >= 11 is 1.71. The van der Waals surface area contributed by atoms with E-state index in [-0.39, 0.29) is 11.5 Å². The number of rotatable bonds is 4. The fourth-order valence-corrected chi connectivity index (χ4v) is 2.98. The van der Waals surface area contributed by atoms with Crippen LogP contribution in [-0.2, 0) is 18.3 Å². The average Bonchev–Trinajstić information content (AvgIpc) is 2.78. The van der Waals surface area contributed by atoms with Crippen molar-refractivity contribution in [1.82, 2.24) is 9.97 Å². The molecule has 0 aliphatic heterocycles. The van der Waals surface area contributed by atoms with Crippen LogP contribution in [0.15, 0.2) is 29.9 Å². The maximum atomic E-state index is 6.19. The second-order valence-electron chi connectivity index (χ2n) is 5.91. The summed E-state index contributed by atoms with van der Waals surface area (Å²) in [6, 6.07) is 4.11. The lowest BCUT2D eigenvalue weighted by atomic mass is 9.93. The molecular formula is C15H21N3S. The SMILES string of the molecule is CC(C)(C)c1csc(CC(N)Cc2cccnc2)n1. The number of aromatic nitrogens is 2. The molecule has 0 bridgehead atoms. The maximum absolute atomic E-state index is 6.19. The molecule has 19 heavy (non-hydrogen) atoms. The Morgan fingerprint density at radius 1 is 1.32 bits per heavy atom. The van der Waals surface area contributed by atoms with Crippen LogP contribution >= 0.6 is 11.3 Å². The Bertz CT molecular complexity index is 514. The number of nitrogens with two attached hydrogens (primary N) is 1. The molecule has 0 amide bonds. The van der Waals surface area contributed by atoms with Crippen LogP contribution < -0.4 is 5.73 Å². The highest BCUT2D eigenvalue weighted by Crippen LogP contribution is 2.24. The number of thiazole rings is 1. The van der Waals surface area contributed by atoms with Crippen molar-refractivity contribution in [3.8, 4) is 0 Å². The van der Waals surface area contributed by atoms with Crippen LogP contribution in [0.3, 0.4) is 0 Å². The smallest absolute Gasteiger partial charge is 0.0944 e. The molecule has 102 valence electrons. The van der Waals surface area contributed by atoms with Gasteiger partial charge in [0.15, 0.2) is 0 Å². The summed E-state index contributed by atoms with van der Waals surface area (Å²) < 4.78 is 0. The summed E-state index contributed by atoms with van der Waals surface area (Å²) in [5.74, 6) is 0. The van der Waals surface area contributed by atoms with Crippen molar-refractivity contribution in [2.24, 2.45) is 5.73 Å². The average molecular weight is 275 g/mol. The maximum Gasteiger partial charge on any atom is 0.0944 e. The summed E-state index contributed by atoms with van der Waals surface area (Å²) in [6.45, 7) is 6.55. The van der Waals surface area contributed by atoms with Crippen molar-refractivity contribution in [2.45, 2.75) is 45.1 Å². The van der Waals surface area contributed by atoms with Gasteiger partial charge in [-0.05, 0) is 18.1 Å². The van der Waals surface area contributed by atoms with E-state index in [1.807, 2.05) is 12.3 Å². The van der Waals surface area contributed by atoms with Crippen LogP contribution in [0.5, 0.6) is 0 Å². The second-order valence-corrected chi connectivity index (χ2v) is 6.85. The van der Waals surface area contributed by atoms with Crippen molar-refractivity contribution in [1.29, 1.82) is 0 Å². The molecule has 2 heterocycles. The van der Waals surface area contributed by atoms with Gasteiger partial charge < -0.3 is 5.73 Å². The summed E-state index contributed by atoms with van der Waals surface area (Å²) in [4.78, 5) is 8.80. The quantitative estimate of drug-likeness (QED) is 0.933. The third kappa shape index (κ3) is 4.11. The molecule has 0 spiro atoms. The number of hydrogen-bond donors (Lipinski definition) is 1. The molecule has 3 nitrogen and oxygen atoms in total. The van der Waals surface area contributed by atoms with Gasteiger partial charge >= 0.3 is 0 Å². The zero-order valence-corrected chi connectivity index (χ0v) is 12.6. The minimum Gasteiger partial charge on any atom is -0.327 e. The van der Waals surface area contributed by atoms with Gasteiger partial charge in [0, 0.05) is 35.7 Å². The highest BCUT2D eigenvalue weighted by atomic mass is 32.1. The molecule has 2 rings (SSSR count). The first kappa shape index (κ1) is 14.2. The predicted octanol–water partition coefficient (Wildman–Crippen LogP) is 2.95. The molecule has 0 saturated heterocycles. The molecule has 0 aromatic carbocycles. The Kier molecular flexibility index (Phi) is 4.32. The molecule has 2 aromatic rings. The molecule has 1 unspecified atom stereocenters. The lowest BCUT2D eigenvalue weighted by Crippen LogP contribution is -2.25. The van der Waals surface area contributed by atoms with E-state index in [9.17, 15) is 0 Å². The van der Waals surface area contributed by atoms with Gasteiger partial charge in [-0.2, -0.15) is 0 Å². The van der Waals surface area contributed by atoms with E-state index in [4.69, 9.17) is 5.73 Å². The molecule has 0 saturated carbocycles. The zero-order chi connectivity index (χ0) is 13.9. The van der Waals surface area contributed by atoms with E-state index in [0.29, 0.717) is 0 Å². The van der Waals surface area contributed by atoms with E-state index < -0.39 is 0 Å². The van der Waals surface area contributed by atoms with Crippen molar-refractivity contribution in [2.75, 3.05) is 0 Å². The standard InChI is InChI=1S/C15H21N3S/c1-15(2,3)13-10-19-14(18-13)8-12(16)7-11-5-4-6-17-9-11/h4-6,9-10,12H,7-8,16H2,1-3H3. The van der Waals surface area contributed by atoms with Crippen LogP contribution in [-0.4, -0.2) is 16.0 Å². The van der Waals surface area contributed by atoms with E-state index in [2.05, 4.69) is 42.2 Å². The molecule has 0 fully saturated rings. The normalized spacial score (nSPS) is 13.5. The third-order valence-electron chi connectivity index (χ3n) is 2.98. The first-order chi connectivity index (χ1) is 8.95. The van der Waals surface area contributed by atoms with Gasteiger partial charge in [-0.1, -0.05) is 26.8 Å². The highest BCUT2D eigenvalue weighted by Gasteiger charge is 2.18. The van der Waals surface area contributed by atoms with Gasteiger partial charge in [0.05, 0.1) is 10.7 Å². The van der Waals surface area contributed by atoms with E-state index in [0.717, 1.165) is 23.5 Å². The Hall–Kier alpha value is -1.26. The molecule has 0 radical (unpaired) electrons. The Morgan fingerprint density at radius 3 is 2.68 bits per heavy atom. The molecule has 0 aliphatic carbocycles. The number of nitrogens with zero attached hydrogens (tertiary/aromatic N) is 2. The first-order valence-corrected chi connectivity index (χ1v) is 7.42. The number of pyridine rings is 1. The molecule has 2 N–H and O–H groups in total. The predicted molar refractivity (Wildman–Crippen MR) is 80.4 cm³/mol. The van der Waals surface area contributed by atoms with Crippen molar-refractivity contribution >= 4 is 11.3 Å². The topological polar surface area (TPSA) is 51.8 Å². The zero-order valence-electron chi connectivity index (χ0n) is 11.8. The lowest BCUT2D eigenvalue weighted by Gasteiger charge is -2.14. The van der Waals surface area contributed by atoms with Gasteiger partial charge in [0.2, 0.25) is 0 Å². The number of hydrogen-bond acceptors (Lipinski definition) is 4. The Labute approximate surface area is 118 Å². The summed E-state index contributed by atoms with van der Waals surface area (Å²) in [6.07, 6.45) is 5.33. The molecule has 0 aliphatic rings. The van der Waals surface area contributed by atoms with Crippen LogP contribution in [0.1, 0.15) is 37.0 Å². The van der Waals surface area contributed by atoms with Crippen LogP contribution in [0.2, 0.25) is 0 Å². The van der Waals surface area contributed by atoms with Crippen LogP contribution in [0, 0.1) is 0 Å². The van der Waals surface area contributed by atoms with Crippen LogP contribution in [0.25, 0.3) is 0 Å². The molecule has 2 aromatic heterocycles. The van der Waals surface area contributed by atoms with Crippen molar-refractivity contribution in [3.05, 3.63) is 46.2 Å². The summed E-state index contributed by atoms with van der Waals surface area (Å²) in [5.41, 5.74) is 8.64. The van der Waals surface area contributed by atoms with E-state index in [1.54, 1.807) is 17.5 Å². The van der Waals surface area contributed by atoms with Gasteiger partial charge in [0.25, 0.3) is 0 Å². The molecule has 4 heteroatoms.